The minimum atomic E-state index is -0.350. The molecule has 0 spiro atoms. The van der Waals surface area contributed by atoms with Gasteiger partial charge in [-0.3, -0.25) is 4.79 Å². The van der Waals surface area contributed by atoms with Crippen LogP contribution in [-0.2, 0) is 5.54 Å². The number of carbonyl (C=O) groups excluding carboxylic acids is 1. The van der Waals surface area contributed by atoms with Crippen LogP contribution in [0.3, 0.4) is 0 Å². The maximum absolute atomic E-state index is 10.8. The molecule has 0 amide bonds. The molecule has 0 bridgehead atoms. The van der Waals surface area contributed by atoms with Gasteiger partial charge in [0.1, 0.15) is 6.29 Å². The molecule has 0 saturated heterocycles. The van der Waals surface area contributed by atoms with Crippen LogP contribution in [0.1, 0.15) is 28.8 Å². The second kappa shape index (κ2) is 3.79. The molecule has 1 fully saturated rings. The standard InChI is InChI=1S/C12H15NO3/c1-15-10-6-8(7-14)5-9(11(10)16-2)12(13)3-4-12/h5-7H,3-4,13H2,1-2H3. The summed E-state index contributed by atoms with van der Waals surface area (Å²) < 4.78 is 10.5. The number of carbonyl (C=O) groups is 1. The Morgan fingerprint density at radius 1 is 1.31 bits per heavy atom. The Kier molecular flexibility index (Phi) is 2.59. The van der Waals surface area contributed by atoms with E-state index in [4.69, 9.17) is 15.2 Å². The quantitative estimate of drug-likeness (QED) is 0.782. The van der Waals surface area contributed by atoms with Gasteiger partial charge in [-0.25, -0.2) is 0 Å². The van der Waals surface area contributed by atoms with Gasteiger partial charge in [0.2, 0.25) is 0 Å². The van der Waals surface area contributed by atoms with E-state index in [-0.39, 0.29) is 5.54 Å². The lowest BCUT2D eigenvalue weighted by Gasteiger charge is -2.17. The molecule has 1 aromatic rings. The van der Waals surface area contributed by atoms with E-state index in [9.17, 15) is 4.79 Å². The van der Waals surface area contributed by atoms with E-state index in [0.29, 0.717) is 17.1 Å². The maximum Gasteiger partial charge on any atom is 0.165 e. The van der Waals surface area contributed by atoms with Gasteiger partial charge < -0.3 is 15.2 Å². The van der Waals surface area contributed by atoms with E-state index in [1.807, 2.05) is 0 Å². The van der Waals surface area contributed by atoms with Crippen LogP contribution in [0.15, 0.2) is 12.1 Å². The van der Waals surface area contributed by atoms with Gasteiger partial charge >= 0.3 is 0 Å². The Balaban J connectivity index is 2.59. The summed E-state index contributed by atoms with van der Waals surface area (Å²) in [6.45, 7) is 0. The van der Waals surface area contributed by atoms with Crippen LogP contribution in [-0.4, -0.2) is 20.5 Å². The second-order valence-corrected chi connectivity index (χ2v) is 4.08. The second-order valence-electron chi connectivity index (χ2n) is 4.08. The normalized spacial score (nSPS) is 16.7. The number of aldehydes is 1. The van der Waals surface area contributed by atoms with E-state index < -0.39 is 0 Å². The van der Waals surface area contributed by atoms with Gasteiger partial charge in [0.15, 0.2) is 11.5 Å². The van der Waals surface area contributed by atoms with Crippen LogP contribution < -0.4 is 15.2 Å². The maximum atomic E-state index is 10.8. The molecule has 2 N–H and O–H groups in total. The highest BCUT2D eigenvalue weighted by molar-refractivity contribution is 5.78. The third kappa shape index (κ3) is 1.65. The molecule has 0 unspecified atom stereocenters. The first-order valence-corrected chi connectivity index (χ1v) is 5.15. The first kappa shape index (κ1) is 11.0. The first-order chi connectivity index (χ1) is 7.64. The zero-order valence-electron chi connectivity index (χ0n) is 9.45. The molecular weight excluding hydrogens is 206 g/mol. The van der Waals surface area contributed by atoms with E-state index >= 15 is 0 Å². The van der Waals surface area contributed by atoms with Crippen LogP contribution in [0.4, 0.5) is 0 Å². The highest BCUT2D eigenvalue weighted by atomic mass is 16.5. The highest BCUT2D eigenvalue weighted by Gasteiger charge is 2.43. The monoisotopic (exact) mass is 221 g/mol. The third-order valence-corrected chi connectivity index (χ3v) is 2.96. The number of hydrogen-bond donors (Lipinski definition) is 1. The van der Waals surface area contributed by atoms with Crippen molar-refractivity contribution in [3.8, 4) is 11.5 Å². The predicted octanol–water partition coefficient (Wildman–Crippen LogP) is 1.46. The van der Waals surface area contributed by atoms with E-state index in [0.717, 1.165) is 24.7 Å². The molecule has 2 rings (SSSR count). The summed E-state index contributed by atoms with van der Waals surface area (Å²) in [4.78, 5) is 10.8. The third-order valence-electron chi connectivity index (χ3n) is 2.96. The fraction of sp³-hybridized carbons (Fsp3) is 0.417. The van der Waals surface area contributed by atoms with Crippen LogP contribution in [0.2, 0.25) is 0 Å². The minimum absolute atomic E-state index is 0.350. The summed E-state index contributed by atoms with van der Waals surface area (Å²) in [5.41, 5.74) is 7.21. The largest absolute Gasteiger partial charge is 0.493 e. The molecule has 86 valence electrons. The molecular formula is C12H15NO3. The van der Waals surface area contributed by atoms with Crippen molar-refractivity contribution in [1.82, 2.24) is 0 Å². The van der Waals surface area contributed by atoms with E-state index in [1.165, 1.54) is 0 Å². The predicted molar refractivity (Wildman–Crippen MR) is 60.0 cm³/mol. The van der Waals surface area contributed by atoms with Gasteiger partial charge in [-0.1, -0.05) is 0 Å². The molecule has 1 saturated carbocycles. The smallest absolute Gasteiger partial charge is 0.165 e. The molecule has 1 aliphatic rings. The molecule has 0 radical (unpaired) electrons. The van der Waals surface area contributed by atoms with Crippen molar-refractivity contribution < 1.29 is 14.3 Å². The molecule has 0 aromatic heterocycles. The Hall–Kier alpha value is -1.55. The van der Waals surface area contributed by atoms with Gasteiger partial charge in [0.25, 0.3) is 0 Å². The van der Waals surface area contributed by atoms with Gasteiger partial charge in [0, 0.05) is 16.7 Å². The summed E-state index contributed by atoms with van der Waals surface area (Å²) in [7, 11) is 3.12. The van der Waals surface area contributed by atoms with Crippen molar-refractivity contribution in [2.45, 2.75) is 18.4 Å². The SMILES string of the molecule is COc1cc(C=O)cc(C2(N)CC2)c1OC. The summed E-state index contributed by atoms with van der Waals surface area (Å²) in [6.07, 6.45) is 2.61. The molecule has 4 nitrogen and oxygen atoms in total. The minimum Gasteiger partial charge on any atom is -0.493 e. The summed E-state index contributed by atoms with van der Waals surface area (Å²) in [5, 5.41) is 0. The van der Waals surface area contributed by atoms with Gasteiger partial charge in [0.05, 0.1) is 14.2 Å². The Labute approximate surface area is 94.3 Å². The Morgan fingerprint density at radius 3 is 2.44 bits per heavy atom. The zero-order valence-corrected chi connectivity index (χ0v) is 9.45. The lowest BCUT2D eigenvalue weighted by Crippen LogP contribution is -2.20. The van der Waals surface area contributed by atoms with Crippen molar-refractivity contribution in [1.29, 1.82) is 0 Å². The Bertz CT molecular complexity index is 425. The highest BCUT2D eigenvalue weighted by Crippen LogP contribution is 2.49. The zero-order chi connectivity index (χ0) is 11.8. The lowest BCUT2D eigenvalue weighted by molar-refractivity contribution is 0.112. The molecule has 0 atom stereocenters. The summed E-state index contributed by atoms with van der Waals surface area (Å²) >= 11 is 0. The molecule has 16 heavy (non-hydrogen) atoms. The van der Waals surface area contributed by atoms with Gasteiger partial charge in [-0.2, -0.15) is 0 Å². The number of benzene rings is 1. The molecule has 1 aliphatic carbocycles. The van der Waals surface area contributed by atoms with E-state index in [1.54, 1.807) is 26.4 Å². The lowest BCUT2D eigenvalue weighted by atomic mass is 10.0. The molecule has 0 heterocycles. The molecule has 4 heteroatoms. The Morgan fingerprint density at radius 2 is 2.00 bits per heavy atom. The molecule has 1 aromatic carbocycles. The molecule has 0 aliphatic heterocycles. The van der Waals surface area contributed by atoms with Crippen LogP contribution >= 0.6 is 0 Å². The van der Waals surface area contributed by atoms with Crippen LogP contribution in [0, 0.1) is 0 Å². The first-order valence-electron chi connectivity index (χ1n) is 5.15. The average Bonchev–Trinajstić information content (AvgIpc) is 3.06. The number of nitrogens with two attached hydrogens (primary N) is 1. The topological polar surface area (TPSA) is 61.5 Å². The van der Waals surface area contributed by atoms with Crippen LogP contribution in [0.5, 0.6) is 11.5 Å². The van der Waals surface area contributed by atoms with Crippen molar-refractivity contribution >= 4 is 6.29 Å². The number of methoxy groups -OCH3 is 2. The van der Waals surface area contributed by atoms with Crippen molar-refractivity contribution in [2.75, 3.05) is 14.2 Å². The number of rotatable bonds is 4. The summed E-state index contributed by atoms with van der Waals surface area (Å²) in [6, 6.07) is 3.43. The summed E-state index contributed by atoms with van der Waals surface area (Å²) in [5.74, 6) is 1.19. The van der Waals surface area contributed by atoms with Crippen molar-refractivity contribution in [3.05, 3.63) is 23.3 Å². The van der Waals surface area contributed by atoms with Crippen LogP contribution in [0.25, 0.3) is 0 Å². The van der Waals surface area contributed by atoms with Gasteiger partial charge in [-0.05, 0) is 25.0 Å². The van der Waals surface area contributed by atoms with E-state index in [2.05, 4.69) is 0 Å². The number of ether oxygens (including phenoxy) is 2. The fourth-order valence-corrected chi connectivity index (χ4v) is 1.83. The van der Waals surface area contributed by atoms with Crippen molar-refractivity contribution in [2.24, 2.45) is 5.73 Å². The average molecular weight is 221 g/mol. The van der Waals surface area contributed by atoms with Gasteiger partial charge in [-0.15, -0.1) is 0 Å². The fourth-order valence-electron chi connectivity index (χ4n) is 1.83. The number of hydrogen-bond acceptors (Lipinski definition) is 4. The van der Waals surface area contributed by atoms with Crippen molar-refractivity contribution in [3.63, 3.8) is 0 Å².